The summed E-state index contributed by atoms with van der Waals surface area (Å²) in [6, 6.07) is 4.97. The molecule has 1 nitrogen and oxygen atoms in total. The van der Waals surface area contributed by atoms with Gasteiger partial charge in [-0.05, 0) is 66.2 Å². The van der Waals surface area contributed by atoms with Gasteiger partial charge in [0, 0.05) is 17.7 Å². The lowest BCUT2D eigenvalue weighted by Gasteiger charge is -2.20. The Balaban J connectivity index is 1.59. The van der Waals surface area contributed by atoms with E-state index in [4.69, 9.17) is 0 Å². The molecule has 1 atom stereocenters. The first-order valence-corrected chi connectivity index (χ1v) is 11.8. The van der Waals surface area contributed by atoms with Crippen LogP contribution in [0.5, 0.6) is 5.75 Å². The highest BCUT2D eigenvalue weighted by molar-refractivity contribution is 5.75. The molecule has 0 bridgehead atoms. The van der Waals surface area contributed by atoms with Gasteiger partial charge in [-0.15, -0.1) is 0 Å². The number of rotatable bonds is 7. The Kier molecular flexibility index (Phi) is 7.73. The first-order valence-electron chi connectivity index (χ1n) is 11.8. The fourth-order valence-corrected chi connectivity index (χ4v) is 4.53. The van der Waals surface area contributed by atoms with Gasteiger partial charge < -0.3 is 4.74 Å². The number of ether oxygens (including phenoxy) is 1. The number of hydrogen-bond acceptors (Lipinski definition) is 1. The fraction of sp³-hybridized carbons (Fsp3) is 0.200. The van der Waals surface area contributed by atoms with E-state index in [1.54, 1.807) is 6.08 Å². The van der Waals surface area contributed by atoms with Crippen LogP contribution in [0.4, 0.5) is 35.1 Å². The molecule has 0 amide bonds. The molecule has 0 spiro atoms. The molecule has 0 saturated carbocycles. The smallest absolute Gasteiger partial charge is 0.429 e. The van der Waals surface area contributed by atoms with Crippen LogP contribution in [-0.4, -0.2) is 0 Å². The van der Waals surface area contributed by atoms with Crippen LogP contribution in [-0.2, 0) is 6.11 Å². The average molecular weight is 550 g/mol. The zero-order chi connectivity index (χ0) is 28.6. The zero-order valence-corrected chi connectivity index (χ0v) is 20.8. The third kappa shape index (κ3) is 5.92. The summed E-state index contributed by atoms with van der Waals surface area (Å²) in [5, 5.41) is 0. The number of alkyl halides is 2. The minimum atomic E-state index is -4.75. The lowest BCUT2D eigenvalue weighted by atomic mass is 9.98. The molecule has 4 rings (SSSR count). The molecule has 0 N–H and O–H groups in total. The Labute approximate surface area is 219 Å². The van der Waals surface area contributed by atoms with Crippen LogP contribution in [0.2, 0.25) is 0 Å². The molecule has 1 unspecified atom stereocenters. The van der Waals surface area contributed by atoms with Crippen LogP contribution in [0.25, 0.3) is 16.7 Å². The van der Waals surface area contributed by atoms with Gasteiger partial charge in [-0.25, -0.2) is 26.3 Å². The van der Waals surface area contributed by atoms with Crippen molar-refractivity contribution in [3.05, 3.63) is 118 Å². The molecule has 9 heteroatoms. The second-order valence-electron chi connectivity index (χ2n) is 9.51. The summed E-state index contributed by atoms with van der Waals surface area (Å²) in [6.07, 6.45) is 0.856. The molecule has 0 radical (unpaired) electrons. The van der Waals surface area contributed by atoms with Crippen molar-refractivity contribution in [2.24, 2.45) is 5.92 Å². The minimum Gasteiger partial charge on any atom is -0.429 e. The SMILES string of the molecule is C=C(/C=C\C1=C(C)CC(C)C1)c1ccc(-c2cc(F)c(C(F)(F)Oc3cc(F)c(F)c(F)c3)c(F)c2)c(F)c1. The minimum absolute atomic E-state index is 0.100. The van der Waals surface area contributed by atoms with E-state index in [0.29, 0.717) is 29.2 Å². The Morgan fingerprint density at radius 2 is 1.49 bits per heavy atom. The van der Waals surface area contributed by atoms with Crippen molar-refractivity contribution in [1.29, 1.82) is 0 Å². The Morgan fingerprint density at radius 1 is 0.872 bits per heavy atom. The molecule has 3 aromatic carbocycles. The molecule has 1 aliphatic carbocycles. The summed E-state index contributed by atoms with van der Waals surface area (Å²) >= 11 is 0. The van der Waals surface area contributed by atoms with Crippen molar-refractivity contribution in [3.63, 3.8) is 0 Å². The molecule has 39 heavy (non-hydrogen) atoms. The molecule has 0 heterocycles. The average Bonchev–Trinajstić information content (AvgIpc) is 3.16. The number of halogens is 8. The zero-order valence-electron chi connectivity index (χ0n) is 20.8. The Bertz CT molecular complexity index is 1470. The molecule has 3 aromatic rings. The maximum Gasteiger partial charge on any atom is 0.432 e. The van der Waals surface area contributed by atoms with Crippen molar-refractivity contribution >= 4 is 5.57 Å². The van der Waals surface area contributed by atoms with Crippen molar-refractivity contribution in [1.82, 2.24) is 0 Å². The van der Waals surface area contributed by atoms with Crippen LogP contribution in [0.15, 0.2) is 72.3 Å². The summed E-state index contributed by atoms with van der Waals surface area (Å²) in [6.45, 7) is 8.13. The van der Waals surface area contributed by atoms with Crippen LogP contribution in [0, 0.1) is 40.8 Å². The van der Waals surface area contributed by atoms with Crippen molar-refractivity contribution in [3.8, 4) is 16.9 Å². The van der Waals surface area contributed by atoms with E-state index < -0.39 is 52.3 Å². The van der Waals surface area contributed by atoms with Gasteiger partial charge in [-0.2, -0.15) is 8.78 Å². The maximum atomic E-state index is 15.0. The van der Waals surface area contributed by atoms with E-state index in [-0.39, 0.29) is 23.3 Å². The molecule has 0 fully saturated rings. The van der Waals surface area contributed by atoms with E-state index in [9.17, 15) is 35.1 Å². The predicted octanol–water partition coefficient (Wildman–Crippen LogP) is 9.63. The second-order valence-corrected chi connectivity index (χ2v) is 9.51. The molecule has 0 aromatic heterocycles. The third-order valence-corrected chi connectivity index (χ3v) is 6.44. The molecule has 0 saturated heterocycles. The third-order valence-electron chi connectivity index (χ3n) is 6.44. The maximum absolute atomic E-state index is 15.0. The largest absolute Gasteiger partial charge is 0.432 e. The summed E-state index contributed by atoms with van der Waals surface area (Å²) in [7, 11) is 0. The van der Waals surface area contributed by atoms with Gasteiger partial charge in [0.05, 0.1) is 0 Å². The molecule has 0 aliphatic heterocycles. The molecule has 1 aliphatic rings. The standard InChI is InChI=1S/C30H22F8O/c1-15-8-17(3)18(9-15)5-4-16(2)19-6-7-22(23(31)10-19)20-11-24(32)28(25(33)12-20)30(37,38)39-21-13-26(34)29(36)27(35)14-21/h4-7,10-15H,2,8-9H2,1,3H3/b5-4-. The second kappa shape index (κ2) is 10.7. The van der Waals surface area contributed by atoms with Gasteiger partial charge in [0.1, 0.15) is 28.8 Å². The first-order chi connectivity index (χ1) is 18.3. The highest BCUT2D eigenvalue weighted by Gasteiger charge is 2.41. The van der Waals surface area contributed by atoms with E-state index in [1.807, 2.05) is 13.0 Å². The number of hydrogen-bond donors (Lipinski definition) is 0. The molecular weight excluding hydrogens is 528 g/mol. The van der Waals surface area contributed by atoms with Gasteiger partial charge in [-0.3, -0.25) is 0 Å². The predicted molar refractivity (Wildman–Crippen MR) is 132 cm³/mol. The summed E-state index contributed by atoms with van der Waals surface area (Å²) in [5.41, 5.74) is 0.837. The van der Waals surface area contributed by atoms with E-state index in [0.717, 1.165) is 18.9 Å². The topological polar surface area (TPSA) is 9.23 Å². The van der Waals surface area contributed by atoms with E-state index in [2.05, 4.69) is 18.2 Å². The molecular formula is C30H22F8O. The quantitative estimate of drug-likeness (QED) is 0.162. The molecule has 204 valence electrons. The lowest BCUT2D eigenvalue weighted by molar-refractivity contribution is -0.189. The van der Waals surface area contributed by atoms with Crippen LogP contribution in [0.1, 0.15) is 37.8 Å². The van der Waals surface area contributed by atoms with Crippen molar-refractivity contribution < 1.29 is 39.9 Å². The van der Waals surface area contributed by atoms with Crippen LogP contribution in [0.3, 0.4) is 0 Å². The van der Waals surface area contributed by atoms with Crippen molar-refractivity contribution in [2.75, 3.05) is 0 Å². The summed E-state index contributed by atoms with van der Waals surface area (Å²) in [4.78, 5) is 0. The number of benzene rings is 3. The lowest BCUT2D eigenvalue weighted by Crippen LogP contribution is -2.25. The first kappa shape index (κ1) is 28.1. The summed E-state index contributed by atoms with van der Waals surface area (Å²) < 4.78 is 117. The number of allylic oxidation sites excluding steroid dienone is 5. The normalized spacial score (nSPS) is 15.9. The van der Waals surface area contributed by atoms with Crippen LogP contribution < -0.4 is 4.74 Å². The monoisotopic (exact) mass is 550 g/mol. The van der Waals surface area contributed by atoms with Gasteiger partial charge in [0.2, 0.25) is 0 Å². The highest BCUT2D eigenvalue weighted by Crippen LogP contribution is 2.38. The Morgan fingerprint density at radius 3 is 2.03 bits per heavy atom. The van der Waals surface area contributed by atoms with Crippen molar-refractivity contribution in [2.45, 2.75) is 32.8 Å². The van der Waals surface area contributed by atoms with Crippen LogP contribution >= 0.6 is 0 Å². The van der Waals surface area contributed by atoms with Gasteiger partial charge in [0.25, 0.3) is 0 Å². The van der Waals surface area contributed by atoms with Gasteiger partial charge >= 0.3 is 6.11 Å². The van der Waals surface area contributed by atoms with Gasteiger partial charge in [0.15, 0.2) is 17.5 Å². The highest BCUT2D eigenvalue weighted by atomic mass is 19.3. The Hall–Kier alpha value is -3.88. The van der Waals surface area contributed by atoms with Gasteiger partial charge in [-0.1, -0.05) is 43.4 Å². The fourth-order valence-electron chi connectivity index (χ4n) is 4.53. The summed E-state index contributed by atoms with van der Waals surface area (Å²) in [5.74, 6) is -10.8. The van der Waals surface area contributed by atoms with E-state index >= 15 is 0 Å². The van der Waals surface area contributed by atoms with E-state index in [1.165, 1.54) is 23.3 Å².